The molecule has 0 rings (SSSR count). The molecule has 14 heavy (non-hydrogen) atoms. The van der Waals surface area contributed by atoms with E-state index in [4.69, 9.17) is 5.11 Å². The normalized spacial score (nSPS) is 17.0. The van der Waals surface area contributed by atoms with Crippen molar-refractivity contribution < 1.29 is 13.5 Å². The molecule has 0 radical (unpaired) electrons. The molecule has 0 saturated heterocycles. The van der Waals surface area contributed by atoms with Crippen molar-refractivity contribution in [3.63, 3.8) is 0 Å². The van der Waals surface area contributed by atoms with Crippen LogP contribution in [0.2, 0.25) is 0 Å². The highest BCUT2D eigenvalue weighted by atomic mass is 32.2. The highest BCUT2D eigenvalue weighted by Crippen LogP contribution is 1.98. The summed E-state index contributed by atoms with van der Waals surface area (Å²) in [6.07, 6.45) is 0. The molecule has 5 nitrogen and oxygen atoms in total. The molecule has 0 aliphatic rings. The molecule has 0 aromatic heterocycles. The van der Waals surface area contributed by atoms with Gasteiger partial charge in [-0.3, -0.25) is 0 Å². The van der Waals surface area contributed by atoms with E-state index in [1.807, 2.05) is 25.9 Å². The number of aliphatic hydroxyl groups excluding tert-OH is 1. The van der Waals surface area contributed by atoms with Gasteiger partial charge < -0.3 is 10.0 Å². The van der Waals surface area contributed by atoms with Crippen LogP contribution in [0.3, 0.4) is 0 Å². The van der Waals surface area contributed by atoms with Crippen LogP contribution in [-0.2, 0) is 10.0 Å². The Hall–Kier alpha value is -0.170. The molecular formula is C8H20N2O3S. The number of likely N-dealkylation sites (N-methyl/N-ethyl adjacent to an activating group) is 1. The van der Waals surface area contributed by atoms with E-state index in [1.54, 1.807) is 0 Å². The third kappa shape index (κ3) is 4.36. The molecule has 2 unspecified atom stereocenters. The Morgan fingerprint density at radius 1 is 1.36 bits per heavy atom. The Labute approximate surface area is 86.2 Å². The molecular weight excluding hydrogens is 204 g/mol. The fourth-order valence-corrected chi connectivity index (χ4v) is 1.61. The van der Waals surface area contributed by atoms with Crippen LogP contribution in [-0.4, -0.2) is 57.0 Å². The third-order valence-corrected chi connectivity index (χ3v) is 4.03. The third-order valence-electron chi connectivity index (χ3n) is 2.25. The van der Waals surface area contributed by atoms with E-state index in [0.29, 0.717) is 6.54 Å². The van der Waals surface area contributed by atoms with Crippen LogP contribution in [0.25, 0.3) is 0 Å². The topological polar surface area (TPSA) is 69.6 Å². The molecule has 6 heteroatoms. The lowest BCUT2D eigenvalue weighted by Crippen LogP contribution is -2.42. The fourth-order valence-electron chi connectivity index (χ4n) is 0.660. The first-order chi connectivity index (χ1) is 6.31. The van der Waals surface area contributed by atoms with E-state index in [0.717, 1.165) is 0 Å². The number of nitrogens with zero attached hydrogens (tertiary/aromatic N) is 1. The first kappa shape index (κ1) is 13.8. The summed E-state index contributed by atoms with van der Waals surface area (Å²) in [6.45, 7) is 3.40. The molecule has 0 spiro atoms. The molecule has 0 saturated carbocycles. The maximum absolute atomic E-state index is 11.4. The lowest BCUT2D eigenvalue weighted by atomic mass is 10.3. The Kier molecular flexibility index (Phi) is 5.58. The smallest absolute Gasteiger partial charge is 0.216 e. The van der Waals surface area contributed by atoms with Crippen LogP contribution >= 0.6 is 0 Å². The van der Waals surface area contributed by atoms with Crippen molar-refractivity contribution in [1.29, 1.82) is 0 Å². The van der Waals surface area contributed by atoms with Gasteiger partial charge in [0.15, 0.2) is 0 Å². The second-order valence-corrected chi connectivity index (χ2v) is 5.88. The van der Waals surface area contributed by atoms with Gasteiger partial charge in [0.1, 0.15) is 0 Å². The van der Waals surface area contributed by atoms with Gasteiger partial charge >= 0.3 is 0 Å². The first-order valence-electron chi connectivity index (χ1n) is 4.57. The minimum absolute atomic E-state index is 0.135. The van der Waals surface area contributed by atoms with Crippen molar-refractivity contribution in [2.45, 2.75) is 25.1 Å². The first-order valence-corrected chi connectivity index (χ1v) is 6.11. The van der Waals surface area contributed by atoms with Crippen LogP contribution in [0.15, 0.2) is 0 Å². The zero-order chi connectivity index (χ0) is 11.4. The summed E-state index contributed by atoms with van der Waals surface area (Å²) in [7, 11) is 0.401. The van der Waals surface area contributed by atoms with Gasteiger partial charge in [-0.15, -0.1) is 0 Å². The highest BCUT2D eigenvalue weighted by Gasteiger charge is 2.20. The number of hydrogen-bond donors (Lipinski definition) is 2. The second kappa shape index (κ2) is 5.65. The SMILES string of the molecule is CC(CNS(=O)(=O)C(C)CO)N(C)C. The lowest BCUT2D eigenvalue weighted by molar-refractivity contribution is 0.292. The molecule has 0 fully saturated rings. The minimum Gasteiger partial charge on any atom is -0.395 e. The van der Waals surface area contributed by atoms with E-state index < -0.39 is 15.3 Å². The van der Waals surface area contributed by atoms with Crippen molar-refractivity contribution in [1.82, 2.24) is 9.62 Å². The molecule has 2 atom stereocenters. The Balaban J connectivity index is 4.13. The van der Waals surface area contributed by atoms with Crippen LogP contribution in [0.1, 0.15) is 13.8 Å². The summed E-state index contributed by atoms with van der Waals surface area (Å²) in [5, 5.41) is 7.96. The minimum atomic E-state index is -3.37. The van der Waals surface area contributed by atoms with E-state index in [2.05, 4.69) is 4.72 Å². The van der Waals surface area contributed by atoms with Gasteiger partial charge in [0.2, 0.25) is 10.0 Å². The zero-order valence-corrected chi connectivity index (χ0v) is 10.0. The molecule has 0 aliphatic carbocycles. The van der Waals surface area contributed by atoms with E-state index in [-0.39, 0.29) is 12.6 Å². The zero-order valence-electron chi connectivity index (χ0n) is 9.19. The van der Waals surface area contributed by atoms with Gasteiger partial charge in [-0.1, -0.05) is 0 Å². The predicted octanol–water partition coefficient (Wildman–Crippen LogP) is -0.763. The van der Waals surface area contributed by atoms with E-state index >= 15 is 0 Å². The van der Waals surface area contributed by atoms with Crippen molar-refractivity contribution >= 4 is 10.0 Å². The number of aliphatic hydroxyl groups is 1. The molecule has 0 aromatic carbocycles. The van der Waals surface area contributed by atoms with Gasteiger partial charge in [-0.25, -0.2) is 13.1 Å². The van der Waals surface area contributed by atoms with Crippen molar-refractivity contribution in [3.05, 3.63) is 0 Å². The van der Waals surface area contributed by atoms with E-state index in [9.17, 15) is 8.42 Å². The number of hydrogen-bond acceptors (Lipinski definition) is 4. The van der Waals surface area contributed by atoms with Crippen molar-refractivity contribution in [2.24, 2.45) is 0 Å². The summed E-state index contributed by atoms with van der Waals surface area (Å²) < 4.78 is 25.3. The summed E-state index contributed by atoms with van der Waals surface area (Å²) >= 11 is 0. The van der Waals surface area contributed by atoms with Gasteiger partial charge in [0.25, 0.3) is 0 Å². The monoisotopic (exact) mass is 224 g/mol. The quantitative estimate of drug-likeness (QED) is 0.622. The lowest BCUT2D eigenvalue weighted by Gasteiger charge is -2.21. The molecule has 0 amide bonds. The van der Waals surface area contributed by atoms with Crippen LogP contribution in [0.5, 0.6) is 0 Å². The van der Waals surface area contributed by atoms with Crippen LogP contribution in [0.4, 0.5) is 0 Å². The summed E-state index contributed by atoms with van der Waals surface area (Å²) in [6, 6.07) is 0.135. The Bertz CT molecular complexity index is 251. The average Bonchev–Trinajstić information content (AvgIpc) is 2.12. The maximum Gasteiger partial charge on any atom is 0.216 e. The Morgan fingerprint density at radius 2 is 1.86 bits per heavy atom. The molecule has 0 heterocycles. The van der Waals surface area contributed by atoms with E-state index in [1.165, 1.54) is 6.92 Å². The molecule has 86 valence electrons. The largest absolute Gasteiger partial charge is 0.395 e. The maximum atomic E-state index is 11.4. The highest BCUT2D eigenvalue weighted by molar-refractivity contribution is 7.90. The van der Waals surface area contributed by atoms with Crippen molar-refractivity contribution in [3.8, 4) is 0 Å². The van der Waals surface area contributed by atoms with Gasteiger partial charge in [-0.05, 0) is 27.9 Å². The van der Waals surface area contributed by atoms with Crippen molar-refractivity contribution in [2.75, 3.05) is 27.2 Å². The average molecular weight is 224 g/mol. The van der Waals surface area contributed by atoms with Gasteiger partial charge in [0, 0.05) is 12.6 Å². The summed E-state index contributed by atoms with van der Waals surface area (Å²) in [5.74, 6) is 0. The van der Waals surface area contributed by atoms with Gasteiger partial charge in [-0.2, -0.15) is 0 Å². The summed E-state index contributed by atoms with van der Waals surface area (Å²) in [4.78, 5) is 1.92. The number of nitrogens with one attached hydrogen (secondary N) is 1. The molecule has 0 bridgehead atoms. The number of rotatable bonds is 6. The summed E-state index contributed by atoms with van der Waals surface area (Å²) in [5.41, 5.74) is 0. The molecule has 0 aromatic rings. The standard InChI is InChI=1S/C8H20N2O3S/c1-7(10(3)4)5-9-14(12,13)8(2)6-11/h7-9,11H,5-6H2,1-4H3. The predicted molar refractivity (Wildman–Crippen MR) is 56.6 cm³/mol. The fraction of sp³-hybridized carbons (Fsp3) is 1.00. The second-order valence-electron chi connectivity index (χ2n) is 3.70. The van der Waals surface area contributed by atoms with Crippen LogP contribution < -0.4 is 4.72 Å². The van der Waals surface area contributed by atoms with Gasteiger partial charge in [0.05, 0.1) is 11.9 Å². The van der Waals surface area contributed by atoms with Crippen LogP contribution in [0, 0.1) is 0 Å². The molecule has 0 aliphatic heterocycles. The molecule has 2 N–H and O–H groups in total. The number of sulfonamides is 1. The Morgan fingerprint density at radius 3 is 2.21 bits per heavy atom.